The van der Waals surface area contributed by atoms with Gasteiger partial charge < -0.3 is 19.1 Å². The van der Waals surface area contributed by atoms with Crippen molar-refractivity contribution >= 4 is 28.5 Å². The largest absolute Gasteiger partial charge is 0.462 e. The number of hydrogen-bond donors (Lipinski definition) is 0. The van der Waals surface area contributed by atoms with E-state index < -0.39 is 5.97 Å². The Balaban J connectivity index is 1.71. The molecule has 0 saturated carbocycles. The van der Waals surface area contributed by atoms with Crippen LogP contribution in [-0.4, -0.2) is 54.1 Å². The molecule has 1 aliphatic heterocycles. The first-order chi connectivity index (χ1) is 15.0. The lowest BCUT2D eigenvalue weighted by molar-refractivity contribution is 0.0523. The first-order valence-corrected chi connectivity index (χ1v) is 10.4. The molecule has 0 bridgehead atoms. The number of rotatable bonds is 4. The standard InChI is InChI=1S/C24H25N3O4/c1-3-31-24(30)20-21(18-11-7-8-12-19(18)25(2)23(20)29)26-13-15-27(16-14-26)22(28)17-9-5-4-6-10-17/h4-12H,3,13-16H2,1-2H3. The lowest BCUT2D eigenvalue weighted by Gasteiger charge is -2.37. The van der Waals surface area contributed by atoms with Crippen molar-refractivity contribution in [2.45, 2.75) is 6.92 Å². The average molecular weight is 419 g/mol. The number of amides is 1. The first kappa shape index (κ1) is 20.7. The van der Waals surface area contributed by atoms with E-state index in [0.717, 1.165) is 10.9 Å². The molecule has 0 spiro atoms. The van der Waals surface area contributed by atoms with Crippen LogP contribution in [0.2, 0.25) is 0 Å². The minimum absolute atomic E-state index is 0.0142. The van der Waals surface area contributed by atoms with Crippen molar-refractivity contribution in [2.75, 3.05) is 37.7 Å². The maximum atomic E-state index is 13.1. The number of anilines is 1. The lowest BCUT2D eigenvalue weighted by Crippen LogP contribution is -2.49. The van der Waals surface area contributed by atoms with Gasteiger partial charge in [-0.15, -0.1) is 0 Å². The van der Waals surface area contributed by atoms with Gasteiger partial charge in [0.2, 0.25) is 0 Å². The van der Waals surface area contributed by atoms with Gasteiger partial charge in [-0.1, -0.05) is 36.4 Å². The number of esters is 1. The van der Waals surface area contributed by atoms with Gasteiger partial charge in [0.05, 0.1) is 17.8 Å². The number of carbonyl (C=O) groups excluding carboxylic acids is 2. The summed E-state index contributed by atoms with van der Waals surface area (Å²) in [5, 5.41) is 0.815. The number of benzene rings is 2. The number of pyridine rings is 1. The van der Waals surface area contributed by atoms with Crippen LogP contribution in [0, 0.1) is 0 Å². The summed E-state index contributed by atoms with van der Waals surface area (Å²) < 4.78 is 6.70. The van der Waals surface area contributed by atoms with Crippen LogP contribution in [0.15, 0.2) is 59.4 Å². The summed E-state index contributed by atoms with van der Waals surface area (Å²) in [5.41, 5.74) is 1.66. The lowest BCUT2D eigenvalue weighted by atomic mass is 10.1. The van der Waals surface area contributed by atoms with E-state index in [-0.39, 0.29) is 23.6 Å². The Kier molecular flexibility index (Phi) is 5.75. The van der Waals surface area contributed by atoms with Crippen molar-refractivity contribution in [2.24, 2.45) is 7.05 Å². The van der Waals surface area contributed by atoms with Crippen LogP contribution >= 0.6 is 0 Å². The summed E-state index contributed by atoms with van der Waals surface area (Å²) in [5.74, 6) is -0.633. The van der Waals surface area contributed by atoms with E-state index in [2.05, 4.69) is 0 Å². The Labute approximate surface area is 180 Å². The van der Waals surface area contributed by atoms with Gasteiger partial charge in [0.15, 0.2) is 0 Å². The predicted octanol–water partition coefficient (Wildman–Crippen LogP) is 2.68. The predicted molar refractivity (Wildman–Crippen MR) is 120 cm³/mol. The molecule has 7 heteroatoms. The second-order valence-electron chi connectivity index (χ2n) is 7.47. The third-order valence-electron chi connectivity index (χ3n) is 5.66. The monoisotopic (exact) mass is 419 g/mol. The topological polar surface area (TPSA) is 71.8 Å². The Morgan fingerprint density at radius 3 is 2.26 bits per heavy atom. The summed E-state index contributed by atoms with van der Waals surface area (Å²) >= 11 is 0. The number of ether oxygens (including phenoxy) is 1. The smallest absolute Gasteiger partial charge is 0.345 e. The Morgan fingerprint density at radius 1 is 0.935 bits per heavy atom. The summed E-state index contributed by atoms with van der Waals surface area (Å²) in [6, 6.07) is 16.7. The van der Waals surface area contributed by atoms with E-state index in [1.54, 1.807) is 18.9 Å². The number of carbonyl (C=O) groups is 2. The third kappa shape index (κ3) is 3.79. The van der Waals surface area contributed by atoms with Crippen LogP contribution in [0.1, 0.15) is 27.6 Å². The molecule has 1 fully saturated rings. The molecule has 160 valence electrons. The fourth-order valence-corrected chi connectivity index (χ4v) is 4.09. The minimum Gasteiger partial charge on any atom is -0.462 e. The molecule has 0 atom stereocenters. The van der Waals surface area contributed by atoms with Gasteiger partial charge in [0.25, 0.3) is 11.5 Å². The molecule has 1 amide bonds. The molecule has 0 unspecified atom stereocenters. The number of aryl methyl sites for hydroxylation is 1. The van der Waals surface area contributed by atoms with Gasteiger partial charge in [-0.05, 0) is 25.1 Å². The van der Waals surface area contributed by atoms with Crippen molar-refractivity contribution in [3.8, 4) is 0 Å². The minimum atomic E-state index is -0.619. The molecular weight excluding hydrogens is 394 g/mol. The van der Waals surface area contributed by atoms with Crippen LogP contribution in [-0.2, 0) is 11.8 Å². The second kappa shape index (κ2) is 8.63. The molecule has 2 aromatic carbocycles. The number of aromatic nitrogens is 1. The molecule has 0 N–H and O–H groups in total. The fraction of sp³-hybridized carbons (Fsp3) is 0.292. The second-order valence-corrected chi connectivity index (χ2v) is 7.47. The highest BCUT2D eigenvalue weighted by Gasteiger charge is 2.29. The summed E-state index contributed by atoms with van der Waals surface area (Å²) in [7, 11) is 1.66. The fourth-order valence-electron chi connectivity index (χ4n) is 4.09. The zero-order valence-electron chi connectivity index (χ0n) is 17.7. The highest BCUT2D eigenvalue weighted by Crippen LogP contribution is 2.30. The highest BCUT2D eigenvalue weighted by molar-refractivity contribution is 6.05. The molecule has 31 heavy (non-hydrogen) atoms. The van der Waals surface area contributed by atoms with E-state index in [0.29, 0.717) is 37.4 Å². The van der Waals surface area contributed by atoms with Gasteiger partial charge in [0, 0.05) is 44.2 Å². The summed E-state index contributed by atoms with van der Waals surface area (Å²) in [6.07, 6.45) is 0. The quantitative estimate of drug-likeness (QED) is 0.608. The van der Waals surface area contributed by atoms with Gasteiger partial charge >= 0.3 is 5.97 Å². The van der Waals surface area contributed by atoms with E-state index in [4.69, 9.17) is 4.74 Å². The zero-order chi connectivity index (χ0) is 22.0. The Hall–Kier alpha value is -3.61. The van der Waals surface area contributed by atoms with Crippen molar-refractivity contribution in [1.29, 1.82) is 0 Å². The van der Waals surface area contributed by atoms with Crippen LogP contribution in [0.25, 0.3) is 10.9 Å². The van der Waals surface area contributed by atoms with Crippen molar-refractivity contribution in [1.82, 2.24) is 9.47 Å². The van der Waals surface area contributed by atoms with E-state index in [9.17, 15) is 14.4 Å². The number of para-hydroxylation sites is 1. The van der Waals surface area contributed by atoms with E-state index in [1.807, 2.05) is 59.5 Å². The summed E-state index contributed by atoms with van der Waals surface area (Å²) in [4.78, 5) is 42.5. The highest BCUT2D eigenvalue weighted by atomic mass is 16.5. The van der Waals surface area contributed by atoms with Crippen LogP contribution in [0.3, 0.4) is 0 Å². The number of fused-ring (bicyclic) bond motifs is 1. The van der Waals surface area contributed by atoms with E-state index in [1.165, 1.54) is 4.57 Å². The average Bonchev–Trinajstić information content (AvgIpc) is 2.81. The molecular formula is C24H25N3O4. The molecule has 3 aromatic rings. The maximum Gasteiger partial charge on any atom is 0.345 e. The number of piperazine rings is 1. The SMILES string of the molecule is CCOC(=O)c1c(N2CCN(C(=O)c3ccccc3)CC2)c2ccccc2n(C)c1=O. The molecule has 0 radical (unpaired) electrons. The van der Waals surface area contributed by atoms with Crippen LogP contribution < -0.4 is 10.5 Å². The number of nitrogens with zero attached hydrogens (tertiary/aromatic N) is 3. The van der Waals surface area contributed by atoms with Crippen molar-refractivity contribution < 1.29 is 14.3 Å². The molecule has 2 heterocycles. The Morgan fingerprint density at radius 2 is 1.58 bits per heavy atom. The molecule has 4 rings (SSSR count). The molecule has 1 aliphatic rings. The normalized spacial score (nSPS) is 14.0. The van der Waals surface area contributed by atoms with Gasteiger partial charge in [-0.2, -0.15) is 0 Å². The van der Waals surface area contributed by atoms with E-state index >= 15 is 0 Å². The molecule has 7 nitrogen and oxygen atoms in total. The van der Waals surface area contributed by atoms with Crippen LogP contribution in [0.5, 0.6) is 0 Å². The molecule has 1 saturated heterocycles. The van der Waals surface area contributed by atoms with Crippen LogP contribution in [0.4, 0.5) is 5.69 Å². The van der Waals surface area contributed by atoms with Crippen molar-refractivity contribution in [3.05, 3.63) is 76.1 Å². The number of hydrogen-bond acceptors (Lipinski definition) is 5. The van der Waals surface area contributed by atoms with Gasteiger partial charge in [-0.3, -0.25) is 9.59 Å². The first-order valence-electron chi connectivity index (χ1n) is 10.4. The summed E-state index contributed by atoms with van der Waals surface area (Å²) in [6.45, 7) is 3.94. The zero-order valence-corrected chi connectivity index (χ0v) is 17.7. The third-order valence-corrected chi connectivity index (χ3v) is 5.66. The molecule has 1 aromatic heterocycles. The van der Waals surface area contributed by atoms with Crippen molar-refractivity contribution in [3.63, 3.8) is 0 Å². The molecule has 0 aliphatic carbocycles. The van der Waals surface area contributed by atoms with Gasteiger partial charge in [-0.25, -0.2) is 4.79 Å². The van der Waals surface area contributed by atoms with Gasteiger partial charge in [0.1, 0.15) is 5.56 Å². The maximum absolute atomic E-state index is 13.1. The Bertz CT molecular complexity index is 1180.